The summed E-state index contributed by atoms with van der Waals surface area (Å²) in [5.41, 5.74) is 1.53. The number of rotatable bonds is 8. The monoisotopic (exact) mass is 444 g/mol. The van der Waals surface area contributed by atoms with E-state index in [9.17, 15) is 14.4 Å². The Morgan fingerprint density at radius 3 is 2.34 bits per heavy atom. The van der Waals surface area contributed by atoms with Crippen molar-refractivity contribution in [2.75, 3.05) is 26.2 Å². The third kappa shape index (κ3) is 7.81. The lowest BCUT2D eigenvalue weighted by Crippen LogP contribution is -2.39. The minimum absolute atomic E-state index is 0.0142. The molecule has 2 heterocycles. The first-order chi connectivity index (χ1) is 15.3. The van der Waals surface area contributed by atoms with Crippen molar-refractivity contribution in [1.82, 2.24) is 20.0 Å². The van der Waals surface area contributed by atoms with Crippen LogP contribution in [0.2, 0.25) is 0 Å². The number of carboxylic acids is 2. The number of hydrogen-bond donors (Lipinski definition) is 3. The normalized spacial score (nSPS) is 14.8. The van der Waals surface area contributed by atoms with Gasteiger partial charge in [-0.2, -0.15) is 5.10 Å². The summed E-state index contributed by atoms with van der Waals surface area (Å²) in [4.78, 5) is 34.3. The maximum absolute atomic E-state index is 12.6. The van der Waals surface area contributed by atoms with Gasteiger partial charge in [0.05, 0.1) is 5.52 Å². The molecule has 9 heteroatoms. The summed E-state index contributed by atoms with van der Waals surface area (Å²) < 4.78 is 1.69. The Bertz CT molecular complexity index is 929. The van der Waals surface area contributed by atoms with Crippen LogP contribution in [0.15, 0.2) is 36.4 Å². The van der Waals surface area contributed by atoms with Crippen molar-refractivity contribution in [2.24, 2.45) is 13.0 Å². The molecule has 0 spiro atoms. The molecule has 1 aromatic heterocycles. The number of carboxylic acid groups (broad SMARTS) is 2. The van der Waals surface area contributed by atoms with E-state index in [0.717, 1.165) is 30.5 Å². The average molecular weight is 445 g/mol. The van der Waals surface area contributed by atoms with Crippen LogP contribution in [0, 0.1) is 5.92 Å². The van der Waals surface area contributed by atoms with Gasteiger partial charge < -0.3 is 20.4 Å². The fourth-order valence-corrected chi connectivity index (χ4v) is 3.68. The number of carbonyl (C=O) groups excluding carboxylic acids is 1. The number of benzene rings is 1. The zero-order chi connectivity index (χ0) is 23.5. The fraction of sp³-hybridized carbons (Fsp3) is 0.478. The number of aliphatic carboxylic acids is 2. The van der Waals surface area contributed by atoms with E-state index in [2.05, 4.69) is 22.2 Å². The summed E-state index contributed by atoms with van der Waals surface area (Å²) in [5, 5.41) is 24.1. The summed E-state index contributed by atoms with van der Waals surface area (Å²) in [6.07, 6.45) is 6.01. The molecule has 3 N–H and O–H groups in total. The summed E-state index contributed by atoms with van der Waals surface area (Å²) in [5.74, 6) is -1.94. The van der Waals surface area contributed by atoms with Gasteiger partial charge in [-0.3, -0.25) is 9.48 Å². The Labute approximate surface area is 187 Å². The molecule has 174 valence electrons. The van der Waals surface area contributed by atoms with Crippen LogP contribution in [-0.2, 0) is 16.6 Å². The van der Waals surface area contributed by atoms with E-state index in [1.165, 1.54) is 32.2 Å². The van der Waals surface area contributed by atoms with Gasteiger partial charge in [0, 0.05) is 31.1 Å². The molecular formula is C23H32N4O5. The van der Waals surface area contributed by atoms with Crippen molar-refractivity contribution in [1.29, 1.82) is 0 Å². The minimum Gasteiger partial charge on any atom is -0.478 e. The number of fused-ring (bicyclic) bond motifs is 1. The Hall–Kier alpha value is -3.20. The maximum atomic E-state index is 12.6. The molecular weight excluding hydrogens is 412 g/mol. The quantitative estimate of drug-likeness (QED) is 0.534. The number of hydrogen-bond acceptors (Lipinski definition) is 5. The number of aryl methyl sites for hydroxylation is 1. The van der Waals surface area contributed by atoms with Crippen molar-refractivity contribution in [3.8, 4) is 0 Å². The molecule has 32 heavy (non-hydrogen) atoms. The maximum Gasteiger partial charge on any atom is 0.328 e. The number of piperidine rings is 1. The van der Waals surface area contributed by atoms with Gasteiger partial charge in [-0.05, 0) is 50.9 Å². The van der Waals surface area contributed by atoms with E-state index in [1.807, 2.05) is 31.3 Å². The number of aromatic nitrogens is 2. The number of amides is 1. The molecule has 1 saturated heterocycles. The highest BCUT2D eigenvalue weighted by Gasteiger charge is 2.21. The lowest BCUT2D eigenvalue weighted by atomic mass is 9.96. The Morgan fingerprint density at radius 1 is 1.12 bits per heavy atom. The van der Waals surface area contributed by atoms with Crippen LogP contribution in [0.3, 0.4) is 0 Å². The molecule has 0 atom stereocenters. The molecule has 1 aromatic carbocycles. The van der Waals surface area contributed by atoms with E-state index in [-0.39, 0.29) is 5.91 Å². The van der Waals surface area contributed by atoms with E-state index in [1.54, 1.807) is 4.68 Å². The van der Waals surface area contributed by atoms with Crippen molar-refractivity contribution < 1.29 is 24.6 Å². The molecule has 9 nitrogen and oxygen atoms in total. The summed E-state index contributed by atoms with van der Waals surface area (Å²) in [7, 11) is 1.83. The second-order valence-electron chi connectivity index (χ2n) is 7.85. The van der Waals surface area contributed by atoms with Crippen LogP contribution in [-0.4, -0.2) is 68.9 Å². The number of likely N-dealkylation sites (tertiary alicyclic amines) is 1. The lowest BCUT2D eigenvalue weighted by Gasteiger charge is -2.31. The topological polar surface area (TPSA) is 125 Å². The van der Waals surface area contributed by atoms with Crippen LogP contribution in [0.5, 0.6) is 0 Å². The van der Waals surface area contributed by atoms with Gasteiger partial charge >= 0.3 is 11.9 Å². The van der Waals surface area contributed by atoms with Crippen molar-refractivity contribution in [3.63, 3.8) is 0 Å². The van der Waals surface area contributed by atoms with E-state index in [4.69, 9.17) is 10.2 Å². The van der Waals surface area contributed by atoms with Gasteiger partial charge in [0.2, 0.25) is 0 Å². The Balaban J connectivity index is 0.000000390. The summed E-state index contributed by atoms with van der Waals surface area (Å²) in [6, 6.07) is 7.80. The number of unbranched alkanes of at least 4 members (excludes halogenated alkanes) is 1. The Kier molecular flexibility index (Phi) is 9.87. The molecule has 0 bridgehead atoms. The molecule has 1 amide bonds. The van der Waals surface area contributed by atoms with Crippen LogP contribution >= 0.6 is 0 Å². The minimum atomic E-state index is -1.26. The molecule has 0 saturated carbocycles. The molecule has 1 aliphatic heterocycles. The van der Waals surface area contributed by atoms with Gasteiger partial charge in [0.15, 0.2) is 0 Å². The second-order valence-corrected chi connectivity index (χ2v) is 7.85. The third-order valence-electron chi connectivity index (χ3n) is 5.41. The largest absolute Gasteiger partial charge is 0.478 e. The van der Waals surface area contributed by atoms with Crippen LogP contribution in [0.4, 0.5) is 0 Å². The molecule has 0 unspecified atom stereocenters. The highest BCUT2D eigenvalue weighted by molar-refractivity contribution is 6.04. The molecule has 1 fully saturated rings. The lowest BCUT2D eigenvalue weighted by molar-refractivity contribution is -0.134. The van der Waals surface area contributed by atoms with Crippen molar-refractivity contribution >= 4 is 28.7 Å². The predicted molar refractivity (Wildman–Crippen MR) is 122 cm³/mol. The molecule has 1 aliphatic rings. The van der Waals surface area contributed by atoms with Gasteiger partial charge in [-0.25, -0.2) is 9.59 Å². The highest BCUT2D eigenvalue weighted by atomic mass is 16.4. The molecule has 0 aliphatic carbocycles. The Morgan fingerprint density at radius 2 is 1.75 bits per heavy atom. The van der Waals surface area contributed by atoms with Gasteiger partial charge in [-0.1, -0.05) is 31.5 Å². The first-order valence-electron chi connectivity index (χ1n) is 10.9. The standard InChI is InChI=1S/C19H28N4O.C4H4O4/c1-3-4-11-23-12-9-15(10-13-23)14-20-19(24)18-16-7-5-6-8-17(16)21-22(18)2;5-3(6)1-2-4(7)8/h5-8,15H,3-4,9-14H2,1-2H3,(H,20,24);1-2H,(H,5,6)(H,7,8)/b;2-1-. The zero-order valence-corrected chi connectivity index (χ0v) is 18.7. The number of nitrogens with zero attached hydrogens (tertiary/aromatic N) is 3. The van der Waals surface area contributed by atoms with Crippen LogP contribution in [0.1, 0.15) is 43.1 Å². The first kappa shape index (κ1) is 25.1. The summed E-state index contributed by atoms with van der Waals surface area (Å²) in [6.45, 7) is 6.55. The van der Waals surface area contributed by atoms with Crippen molar-refractivity contribution in [3.05, 3.63) is 42.1 Å². The second kappa shape index (κ2) is 12.6. The smallest absolute Gasteiger partial charge is 0.328 e. The molecule has 2 aromatic rings. The van der Waals surface area contributed by atoms with Crippen LogP contribution in [0.25, 0.3) is 10.9 Å². The fourth-order valence-electron chi connectivity index (χ4n) is 3.68. The van der Waals surface area contributed by atoms with E-state index in [0.29, 0.717) is 23.8 Å². The predicted octanol–water partition coefficient (Wildman–Crippen LogP) is 2.53. The zero-order valence-electron chi connectivity index (χ0n) is 18.7. The van der Waals surface area contributed by atoms with Crippen molar-refractivity contribution in [2.45, 2.75) is 32.6 Å². The third-order valence-corrected chi connectivity index (χ3v) is 5.41. The van der Waals surface area contributed by atoms with E-state index < -0.39 is 11.9 Å². The number of nitrogens with one attached hydrogen (secondary N) is 1. The summed E-state index contributed by atoms with van der Waals surface area (Å²) >= 11 is 0. The van der Waals surface area contributed by atoms with Gasteiger partial charge in [0.1, 0.15) is 5.69 Å². The van der Waals surface area contributed by atoms with Crippen LogP contribution < -0.4 is 5.32 Å². The van der Waals surface area contributed by atoms with Gasteiger partial charge in [0.25, 0.3) is 5.91 Å². The molecule has 0 radical (unpaired) electrons. The highest BCUT2D eigenvalue weighted by Crippen LogP contribution is 2.19. The first-order valence-corrected chi connectivity index (χ1v) is 10.9. The van der Waals surface area contributed by atoms with E-state index >= 15 is 0 Å². The van der Waals surface area contributed by atoms with Gasteiger partial charge in [-0.15, -0.1) is 0 Å². The molecule has 3 rings (SSSR count). The SMILES string of the molecule is CCCCN1CCC(CNC(=O)c2c3ccccc3nn2C)CC1.O=C(O)/C=C\C(=O)O. The number of carbonyl (C=O) groups is 3. The average Bonchev–Trinajstić information content (AvgIpc) is 3.11.